The lowest BCUT2D eigenvalue weighted by Gasteiger charge is -2.09. The molecule has 21 heavy (non-hydrogen) atoms. The van der Waals surface area contributed by atoms with Gasteiger partial charge >= 0.3 is 0 Å². The summed E-state index contributed by atoms with van der Waals surface area (Å²) in [5.41, 5.74) is 0.927. The van der Waals surface area contributed by atoms with Crippen molar-refractivity contribution in [1.29, 1.82) is 0 Å². The molecule has 0 bridgehead atoms. The lowest BCUT2D eigenvalue weighted by molar-refractivity contribution is -0.119. The standard InChI is InChI=1S/C17H28N2O2/c1-3-5-6-7-8-13-18-17(20)14-19-15-9-11-16(12-10-15)21-4-2/h9-12,19H,3-8,13-14H2,1-2H3,(H,18,20). The van der Waals surface area contributed by atoms with Gasteiger partial charge in [0, 0.05) is 12.2 Å². The van der Waals surface area contributed by atoms with Crippen LogP contribution >= 0.6 is 0 Å². The average molecular weight is 292 g/mol. The molecule has 1 aromatic carbocycles. The summed E-state index contributed by atoms with van der Waals surface area (Å²) in [6.45, 7) is 5.90. The van der Waals surface area contributed by atoms with E-state index in [1.54, 1.807) is 0 Å². The number of carbonyl (C=O) groups excluding carboxylic acids is 1. The van der Waals surface area contributed by atoms with Crippen LogP contribution in [-0.2, 0) is 4.79 Å². The number of carbonyl (C=O) groups is 1. The number of hydrogen-bond donors (Lipinski definition) is 2. The molecule has 2 N–H and O–H groups in total. The van der Waals surface area contributed by atoms with E-state index >= 15 is 0 Å². The molecule has 4 heteroatoms. The van der Waals surface area contributed by atoms with Gasteiger partial charge in [-0.05, 0) is 37.6 Å². The maximum absolute atomic E-state index is 11.7. The molecule has 0 aliphatic carbocycles. The summed E-state index contributed by atoms with van der Waals surface area (Å²) in [6.07, 6.45) is 6.05. The second-order valence-electron chi connectivity index (χ2n) is 5.08. The highest BCUT2D eigenvalue weighted by Crippen LogP contribution is 2.15. The number of unbranched alkanes of at least 4 members (excludes halogenated alkanes) is 4. The van der Waals surface area contributed by atoms with Crippen LogP contribution in [0.1, 0.15) is 46.0 Å². The van der Waals surface area contributed by atoms with Crippen molar-refractivity contribution < 1.29 is 9.53 Å². The Morgan fingerprint density at radius 2 is 1.76 bits per heavy atom. The third-order valence-corrected chi connectivity index (χ3v) is 3.22. The van der Waals surface area contributed by atoms with E-state index in [9.17, 15) is 4.79 Å². The fourth-order valence-corrected chi connectivity index (χ4v) is 2.04. The number of hydrogen-bond acceptors (Lipinski definition) is 3. The highest BCUT2D eigenvalue weighted by Gasteiger charge is 2.01. The Labute approximate surface area is 128 Å². The molecule has 0 aliphatic rings. The third kappa shape index (κ3) is 8.23. The van der Waals surface area contributed by atoms with Gasteiger partial charge in [0.15, 0.2) is 0 Å². The van der Waals surface area contributed by atoms with Crippen molar-refractivity contribution in [2.45, 2.75) is 46.0 Å². The lowest BCUT2D eigenvalue weighted by Crippen LogP contribution is -2.30. The second-order valence-corrected chi connectivity index (χ2v) is 5.08. The molecule has 0 aliphatic heterocycles. The first kappa shape index (κ1) is 17.3. The molecule has 4 nitrogen and oxygen atoms in total. The Hall–Kier alpha value is -1.71. The molecule has 0 fully saturated rings. The molecule has 0 radical (unpaired) electrons. The molecule has 0 spiro atoms. The monoisotopic (exact) mass is 292 g/mol. The first-order chi connectivity index (χ1) is 10.3. The first-order valence-electron chi connectivity index (χ1n) is 7.99. The number of benzene rings is 1. The average Bonchev–Trinajstić information content (AvgIpc) is 2.50. The minimum Gasteiger partial charge on any atom is -0.494 e. The molecule has 0 saturated carbocycles. The van der Waals surface area contributed by atoms with Crippen LogP contribution in [0, 0.1) is 0 Å². The predicted molar refractivity (Wildman–Crippen MR) is 87.9 cm³/mol. The fraction of sp³-hybridized carbons (Fsp3) is 0.588. The molecule has 0 unspecified atom stereocenters. The van der Waals surface area contributed by atoms with Gasteiger partial charge in [0.25, 0.3) is 0 Å². The van der Waals surface area contributed by atoms with Crippen molar-refractivity contribution in [3.8, 4) is 5.75 Å². The number of ether oxygens (including phenoxy) is 1. The van der Waals surface area contributed by atoms with Crippen LogP contribution in [0.5, 0.6) is 5.75 Å². The van der Waals surface area contributed by atoms with Crippen LogP contribution < -0.4 is 15.4 Å². The zero-order chi connectivity index (χ0) is 15.3. The van der Waals surface area contributed by atoms with E-state index < -0.39 is 0 Å². The molecule has 1 aromatic rings. The van der Waals surface area contributed by atoms with Crippen molar-refractivity contribution in [2.24, 2.45) is 0 Å². The van der Waals surface area contributed by atoms with Gasteiger partial charge in [0.1, 0.15) is 5.75 Å². The molecule has 0 atom stereocenters. The van der Waals surface area contributed by atoms with E-state index in [1.165, 1.54) is 25.7 Å². The molecule has 1 amide bonds. The summed E-state index contributed by atoms with van der Waals surface area (Å²) in [6, 6.07) is 7.64. The third-order valence-electron chi connectivity index (χ3n) is 3.22. The van der Waals surface area contributed by atoms with E-state index in [4.69, 9.17) is 4.74 Å². The van der Waals surface area contributed by atoms with E-state index in [0.717, 1.165) is 24.4 Å². The molecule has 0 aromatic heterocycles. The van der Waals surface area contributed by atoms with Crippen molar-refractivity contribution in [3.63, 3.8) is 0 Å². The minimum absolute atomic E-state index is 0.0411. The minimum atomic E-state index is 0.0411. The molecular weight excluding hydrogens is 264 g/mol. The van der Waals surface area contributed by atoms with Crippen LogP contribution in [0.25, 0.3) is 0 Å². The normalized spacial score (nSPS) is 10.2. The fourth-order valence-electron chi connectivity index (χ4n) is 2.04. The van der Waals surface area contributed by atoms with Gasteiger partial charge in [0.05, 0.1) is 13.2 Å². The second kappa shape index (κ2) is 11.0. The van der Waals surface area contributed by atoms with Crippen LogP contribution in [0.3, 0.4) is 0 Å². The van der Waals surface area contributed by atoms with Crippen LogP contribution in [-0.4, -0.2) is 25.6 Å². The van der Waals surface area contributed by atoms with Crippen molar-refractivity contribution >= 4 is 11.6 Å². The Bertz CT molecular complexity index is 390. The zero-order valence-corrected chi connectivity index (χ0v) is 13.3. The summed E-state index contributed by atoms with van der Waals surface area (Å²) in [7, 11) is 0. The maximum Gasteiger partial charge on any atom is 0.239 e. The topological polar surface area (TPSA) is 50.4 Å². The summed E-state index contributed by atoms with van der Waals surface area (Å²) in [5, 5.41) is 6.04. The van der Waals surface area contributed by atoms with E-state index in [-0.39, 0.29) is 5.91 Å². The van der Waals surface area contributed by atoms with E-state index in [2.05, 4.69) is 17.6 Å². The van der Waals surface area contributed by atoms with Crippen molar-refractivity contribution in [2.75, 3.05) is 25.0 Å². The van der Waals surface area contributed by atoms with Crippen LogP contribution in [0.4, 0.5) is 5.69 Å². The highest BCUT2D eigenvalue weighted by atomic mass is 16.5. The highest BCUT2D eigenvalue weighted by molar-refractivity contribution is 5.80. The molecule has 118 valence electrons. The number of rotatable bonds is 11. The van der Waals surface area contributed by atoms with Gasteiger partial charge in [0.2, 0.25) is 5.91 Å². The van der Waals surface area contributed by atoms with Crippen molar-refractivity contribution in [1.82, 2.24) is 5.32 Å². The largest absolute Gasteiger partial charge is 0.494 e. The number of anilines is 1. The van der Waals surface area contributed by atoms with Gasteiger partial charge in [-0.2, -0.15) is 0 Å². The van der Waals surface area contributed by atoms with Gasteiger partial charge in [-0.15, -0.1) is 0 Å². The first-order valence-corrected chi connectivity index (χ1v) is 7.99. The Morgan fingerprint density at radius 1 is 1.05 bits per heavy atom. The Balaban J connectivity index is 2.12. The number of amides is 1. The predicted octanol–water partition coefficient (Wildman–Crippen LogP) is 3.58. The molecule has 1 rings (SSSR count). The van der Waals surface area contributed by atoms with E-state index in [0.29, 0.717) is 13.2 Å². The Kier molecular flexibility index (Phi) is 9.09. The summed E-state index contributed by atoms with van der Waals surface area (Å²) < 4.78 is 5.37. The summed E-state index contributed by atoms with van der Waals surface area (Å²) in [5.74, 6) is 0.888. The van der Waals surface area contributed by atoms with Gasteiger partial charge < -0.3 is 15.4 Å². The molecule has 0 heterocycles. The Morgan fingerprint density at radius 3 is 2.43 bits per heavy atom. The molecular formula is C17H28N2O2. The summed E-state index contributed by atoms with van der Waals surface area (Å²) in [4.78, 5) is 11.7. The lowest BCUT2D eigenvalue weighted by atomic mass is 10.1. The maximum atomic E-state index is 11.7. The quantitative estimate of drug-likeness (QED) is 0.613. The smallest absolute Gasteiger partial charge is 0.239 e. The van der Waals surface area contributed by atoms with Crippen LogP contribution in [0.2, 0.25) is 0 Å². The molecule has 0 saturated heterocycles. The van der Waals surface area contributed by atoms with Gasteiger partial charge in [-0.25, -0.2) is 0 Å². The van der Waals surface area contributed by atoms with Gasteiger partial charge in [-0.1, -0.05) is 32.6 Å². The number of nitrogens with one attached hydrogen (secondary N) is 2. The van der Waals surface area contributed by atoms with Gasteiger partial charge in [-0.3, -0.25) is 4.79 Å². The van der Waals surface area contributed by atoms with Crippen molar-refractivity contribution in [3.05, 3.63) is 24.3 Å². The van der Waals surface area contributed by atoms with E-state index in [1.807, 2.05) is 31.2 Å². The van der Waals surface area contributed by atoms with Crippen LogP contribution in [0.15, 0.2) is 24.3 Å². The SMILES string of the molecule is CCCCCCCNC(=O)CNc1ccc(OCC)cc1. The summed E-state index contributed by atoms with van der Waals surface area (Å²) >= 11 is 0. The zero-order valence-electron chi connectivity index (χ0n) is 13.3.